The van der Waals surface area contributed by atoms with Gasteiger partial charge in [0.05, 0.1) is 21.2 Å². The van der Waals surface area contributed by atoms with Crippen LogP contribution in [0.25, 0.3) is 0 Å². The van der Waals surface area contributed by atoms with E-state index in [-0.39, 0.29) is 22.9 Å². The van der Waals surface area contributed by atoms with E-state index in [1.807, 2.05) is 0 Å². The predicted molar refractivity (Wildman–Crippen MR) is 90.6 cm³/mol. The first-order valence-electron chi connectivity index (χ1n) is 7.98. The zero-order chi connectivity index (χ0) is 18.1. The summed E-state index contributed by atoms with van der Waals surface area (Å²) in [5, 5.41) is 14.0. The van der Waals surface area contributed by atoms with Gasteiger partial charge >= 0.3 is 6.09 Å². The zero-order valence-corrected chi connectivity index (χ0v) is 14.9. The van der Waals surface area contributed by atoms with Crippen molar-refractivity contribution in [2.45, 2.75) is 47.6 Å². The SMILES string of the molecule is N#CC1(NC(=O)O[C@H]2C[C@@H](S(=O)(=O)c3ccccc3Cl)CN2)CCC1. The highest BCUT2D eigenvalue weighted by molar-refractivity contribution is 7.92. The van der Waals surface area contributed by atoms with Crippen LogP contribution in [0.4, 0.5) is 4.79 Å². The number of alkyl carbamates (subject to hydrolysis) is 1. The second kappa shape index (κ2) is 6.83. The van der Waals surface area contributed by atoms with Crippen LogP contribution < -0.4 is 10.6 Å². The third-order valence-electron chi connectivity index (χ3n) is 4.64. The molecule has 3 rings (SSSR count). The van der Waals surface area contributed by atoms with Crippen LogP contribution in [0.3, 0.4) is 0 Å². The maximum Gasteiger partial charge on any atom is 0.409 e. The van der Waals surface area contributed by atoms with Crippen molar-refractivity contribution in [3.8, 4) is 6.07 Å². The first-order valence-corrected chi connectivity index (χ1v) is 9.91. The lowest BCUT2D eigenvalue weighted by Gasteiger charge is -2.35. The summed E-state index contributed by atoms with van der Waals surface area (Å²) in [6.45, 7) is 0.162. The van der Waals surface area contributed by atoms with E-state index in [4.69, 9.17) is 21.6 Å². The molecule has 1 aliphatic heterocycles. The normalized spacial score (nSPS) is 24.8. The lowest BCUT2D eigenvalue weighted by atomic mass is 9.78. The lowest BCUT2D eigenvalue weighted by molar-refractivity contribution is 0.0776. The van der Waals surface area contributed by atoms with E-state index in [1.165, 1.54) is 12.1 Å². The minimum absolute atomic E-state index is 0.0754. The van der Waals surface area contributed by atoms with Crippen LogP contribution in [-0.2, 0) is 14.6 Å². The Hall–Kier alpha value is -1.82. The average molecular weight is 384 g/mol. The molecule has 134 valence electrons. The quantitative estimate of drug-likeness (QED) is 0.822. The number of hydrogen-bond acceptors (Lipinski definition) is 6. The van der Waals surface area contributed by atoms with Gasteiger partial charge in [0.15, 0.2) is 16.1 Å². The van der Waals surface area contributed by atoms with Crippen LogP contribution in [0.15, 0.2) is 29.2 Å². The van der Waals surface area contributed by atoms with Gasteiger partial charge < -0.3 is 10.1 Å². The minimum Gasteiger partial charge on any atom is -0.430 e. The lowest BCUT2D eigenvalue weighted by Crippen LogP contribution is -2.53. The summed E-state index contributed by atoms with van der Waals surface area (Å²) < 4.78 is 30.6. The van der Waals surface area contributed by atoms with Gasteiger partial charge in [-0.1, -0.05) is 23.7 Å². The second-order valence-corrected chi connectivity index (χ2v) is 8.91. The fraction of sp³-hybridized carbons (Fsp3) is 0.500. The summed E-state index contributed by atoms with van der Waals surface area (Å²) in [4.78, 5) is 12.0. The van der Waals surface area contributed by atoms with Crippen molar-refractivity contribution in [2.75, 3.05) is 6.54 Å². The van der Waals surface area contributed by atoms with Crippen molar-refractivity contribution in [3.63, 3.8) is 0 Å². The number of halogens is 1. The molecule has 2 atom stereocenters. The van der Waals surface area contributed by atoms with Crippen molar-refractivity contribution in [1.29, 1.82) is 5.26 Å². The number of sulfone groups is 1. The molecule has 1 aliphatic carbocycles. The number of hydrogen-bond donors (Lipinski definition) is 2. The molecule has 1 saturated heterocycles. The maximum atomic E-state index is 12.7. The molecule has 0 spiro atoms. The summed E-state index contributed by atoms with van der Waals surface area (Å²) in [7, 11) is -3.63. The number of carbonyl (C=O) groups excluding carboxylic acids is 1. The number of amides is 1. The minimum atomic E-state index is -3.63. The number of nitriles is 1. The highest BCUT2D eigenvalue weighted by Crippen LogP contribution is 2.31. The highest BCUT2D eigenvalue weighted by atomic mass is 35.5. The average Bonchev–Trinajstić information content (AvgIpc) is 3.00. The summed E-state index contributed by atoms with van der Waals surface area (Å²) in [5.74, 6) is 0. The molecular weight excluding hydrogens is 366 g/mol. The Morgan fingerprint density at radius 3 is 2.72 bits per heavy atom. The molecule has 9 heteroatoms. The largest absolute Gasteiger partial charge is 0.430 e. The standard InChI is InChI=1S/C16H18ClN3O4S/c17-12-4-1-2-5-13(12)25(22,23)11-8-14(19-9-11)24-15(21)20-16(10-18)6-3-7-16/h1-2,4-5,11,14,19H,3,6-9H2,(H,20,21)/t11-,14+/m1/s1. The fourth-order valence-electron chi connectivity index (χ4n) is 3.00. The maximum absolute atomic E-state index is 12.7. The molecule has 25 heavy (non-hydrogen) atoms. The number of carbonyl (C=O) groups is 1. The molecule has 1 aromatic rings. The molecule has 0 aromatic heterocycles. The number of rotatable bonds is 4. The van der Waals surface area contributed by atoms with Crippen molar-refractivity contribution >= 4 is 27.5 Å². The number of nitrogens with one attached hydrogen (secondary N) is 2. The number of nitrogens with zero attached hydrogens (tertiary/aromatic N) is 1. The van der Waals surface area contributed by atoms with Gasteiger partial charge in [0.1, 0.15) is 5.54 Å². The third kappa shape index (κ3) is 3.59. The zero-order valence-electron chi connectivity index (χ0n) is 13.4. The molecule has 7 nitrogen and oxygen atoms in total. The van der Waals surface area contributed by atoms with Gasteiger partial charge in [-0.15, -0.1) is 0 Å². The van der Waals surface area contributed by atoms with Crippen LogP contribution >= 0.6 is 11.6 Å². The van der Waals surface area contributed by atoms with Gasteiger partial charge in [-0.2, -0.15) is 5.26 Å². The van der Waals surface area contributed by atoms with E-state index in [9.17, 15) is 13.2 Å². The van der Waals surface area contributed by atoms with Gasteiger partial charge in [-0.25, -0.2) is 13.2 Å². The molecule has 0 bridgehead atoms. The van der Waals surface area contributed by atoms with E-state index in [0.29, 0.717) is 12.8 Å². The molecule has 2 aliphatic rings. The molecule has 1 heterocycles. The molecule has 1 saturated carbocycles. The van der Waals surface area contributed by atoms with E-state index < -0.39 is 32.9 Å². The molecule has 0 radical (unpaired) electrons. The fourth-order valence-corrected chi connectivity index (χ4v) is 5.17. The Labute approximate surface area is 151 Å². The van der Waals surface area contributed by atoms with Crippen molar-refractivity contribution in [1.82, 2.24) is 10.6 Å². The van der Waals surface area contributed by atoms with Gasteiger partial charge in [-0.05, 0) is 31.4 Å². The van der Waals surface area contributed by atoms with Crippen molar-refractivity contribution < 1.29 is 17.9 Å². The summed E-state index contributed by atoms with van der Waals surface area (Å²) >= 11 is 5.99. The molecule has 1 amide bonds. The Morgan fingerprint density at radius 1 is 1.40 bits per heavy atom. The van der Waals surface area contributed by atoms with Crippen molar-refractivity contribution in [3.05, 3.63) is 29.3 Å². The Morgan fingerprint density at radius 2 is 2.12 bits per heavy atom. The molecule has 2 N–H and O–H groups in total. The van der Waals surface area contributed by atoms with Gasteiger partial charge in [0, 0.05) is 13.0 Å². The Kier molecular flexibility index (Phi) is 4.91. The number of ether oxygens (including phenoxy) is 1. The van der Waals surface area contributed by atoms with Crippen molar-refractivity contribution in [2.24, 2.45) is 0 Å². The van der Waals surface area contributed by atoms with Gasteiger partial charge in [0.2, 0.25) is 0 Å². The van der Waals surface area contributed by atoms with E-state index in [0.717, 1.165) is 6.42 Å². The molecular formula is C16H18ClN3O4S. The summed E-state index contributed by atoms with van der Waals surface area (Å²) in [6.07, 6.45) is 0.766. The monoisotopic (exact) mass is 383 g/mol. The summed E-state index contributed by atoms with van der Waals surface area (Å²) in [6, 6.07) is 8.35. The van der Waals surface area contributed by atoms with Crippen LogP contribution in [-0.4, -0.2) is 38.1 Å². The molecule has 1 aromatic carbocycles. The molecule has 0 unspecified atom stereocenters. The van der Waals surface area contributed by atoms with Crippen LogP contribution in [0.1, 0.15) is 25.7 Å². The van der Waals surface area contributed by atoms with Crippen LogP contribution in [0, 0.1) is 11.3 Å². The first kappa shape index (κ1) is 18.0. The van der Waals surface area contributed by atoms with Crippen LogP contribution in [0.2, 0.25) is 5.02 Å². The Balaban J connectivity index is 1.61. The number of benzene rings is 1. The van der Waals surface area contributed by atoms with Gasteiger partial charge in [-0.3, -0.25) is 5.32 Å². The smallest absolute Gasteiger partial charge is 0.409 e. The Bertz CT molecular complexity index is 817. The molecule has 2 fully saturated rings. The van der Waals surface area contributed by atoms with E-state index in [2.05, 4.69) is 16.7 Å². The van der Waals surface area contributed by atoms with Crippen LogP contribution in [0.5, 0.6) is 0 Å². The summed E-state index contributed by atoms with van der Waals surface area (Å²) in [5.41, 5.74) is -0.848. The predicted octanol–water partition coefficient (Wildman–Crippen LogP) is 1.97. The highest BCUT2D eigenvalue weighted by Gasteiger charge is 2.41. The van der Waals surface area contributed by atoms with E-state index in [1.54, 1.807) is 12.1 Å². The second-order valence-electron chi connectivity index (χ2n) is 6.31. The van der Waals surface area contributed by atoms with Gasteiger partial charge in [0.25, 0.3) is 0 Å². The topological polar surface area (TPSA) is 108 Å². The third-order valence-corrected chi connectivity index (χ3v) is 7.29. The first-order chi connectivity index (χ1) is 11.9. The van der Waals surface area contributed by atoms with E-state index >= 15 is 0 Å².